The highest BCUT2D eigenvalue weighted by Gasteiger charge is 2.01. The topological polar surface area (TPSA) is 37.3 Å². The summed E-state index contributed by atoms with van der Waals surface area (Å²) in [6.45, 7) is 0. The first kappa shape index (κ1) is 5.86. The maximum Gasteiger partial charge on any atom is 0.129 e. The van der Waals surface area contributed by atoms with Crippen LogP contribution in [0.4, 0.5) is 0 Å². The zero-order valence-electron chi connectivity index (χ0n) is 4.72. The van der Waals surface area contributed by atoms with E-state index in [0.717, 1.165) is 0 Å². The third-order valence-electron chi connectivity index (χ3n) is 1.01. The highest BCUT2D eigenvalue weighted by atomic mass is 16.3. The Morgan fingerprint density at radius 2 is 2.56 bits per heavy atom. The van der Waals surface area contributed by atoms with Crippen LogP contribution in [0.5, 0.6) is 0 Å². The van der Waals surface area contributed by atoms with Crippen molar-refractivity contribution in [3.63, 3.8) is 0 Å². The molecule has 0 saturated heterocycles. The molecule has 1 N–H and O–H groups in total. The third kappa shape index (κ3) is 1.31. The summed E-state index contributed by atoms with van der Waals surface area (Å²) in [5.41, 5.74) is 0.370. The molecular weight excluding hydrogens is 116 g/mol. The van der Waals surface area contributed by atoms with Gasteiger partial charge < -0.3 is 5.11 Å². The van der Waals surface area contributed by atoms with E-state index in [1.54, 1.807) is 5.94 Å². The second-order valence-corrected chi connectivity index (χ2v) is 1.73. The molecule has 0 aromatic rings. The Morgan fingerprint density at radius 3 is 3.00 bits per heavy atom. The van der Waals surface area contributed by atoms with Gasteiger partial charge in [-0.25, -0.2) is 4.79 Å². The molecule has 0 fully saturated rings. The van der Waals surface area contributed by atoms with Crippen LogP contribution in [0, 0.1) is 6.08 Å². The summed E-state index contributed by atoms with van der Waals surface area (Å²) < 4.78 is 0. The van der Waals surface area contributed by atoms with Crippen molar-refractivity contribution >= 4 is 5.94 Å². The fourth-order valence-corrected chi connectivity index (χ4v) is 0.595. The first-order chi connectivity index (χ1) is 4.33. The Morgan fingerprint density at radius 1 is 1.78 bits per heavy atom. The van der Waals surface area contributed by atoms with Crippen molar-refractivity contribution in [3.05, 3.63) is 29.6 Å². The normalized spacial score (nSPS) is 16.9. The molecule has 0 spiro atoms. The van der Waals surface area contributed by atoms with E-state index < -0.39 is 0 Å². The molecule has 0 aliphatic heterocycles. The summed E-state index contributed by atoms with van der Waals surface area (Å²) in [5, 5.41) is 8.80. The number of hydrogen-bond acceptors (Lipinski definition) is 2. The van der Waals surface area contributed by atoms with Crippen LogP contribution in [0.15, 0.2) is 23.5 Å². The lowest BCUT2D eigenvalue weighted by Gasteiger charge is -1.99. The Bertz CT molecular complexity index is 217. The molecule has 1 radical (unpaired) electrons. The third-order valence-corrected chi connectivity index (χ3v) is 1.01. The van der Waals surface area contributed by atoms with Crippen LogP contribution in [-0.2, 0) is 4.79 Å². The molecule has 0 bridgehead atoms. The molecule has 0 aromatic carbocycles. The summed E-state index contributed by atoms with van der Waals surface area (Å²) >= 11 is 0. The van der Waals surface area contributed by atoms with E-state index in [4.69, 9.17) is 5.11 Å². The molecule has 0 atom stereocenters. The fraction of sp³-hybridized carbons (Fsp3) is 0.143. The van der Waals surface area contributed by atoms with Crippen molar-refractivity contribution in [2.75, 3.05) is 0 Å². The lowest BCUT2D eigenvalue weighted by Crippen LogP contribution is -1.89. The second-order valence-electron chi connectivity index (χ2n) is 1.73. The quantitative estimate of drug-likeness (QED) is 0.484. The lowest BCUT2D eigenvalue weighted by molar-refractivity contribution is 0.398. The maximum absolute atomic E-state index is 9.92. The number of allylic oxidation sites excluding steroid dienone is 4. The van der Waals surface area contributed by atoms with Gasteiger partial charge in [0.05, 0.1) is 11.3 Å². The van der Waals surface area contributed by atoms with Gasteiger partial charge in [0.25, 0.3) is 0 Å². The molecule has 0 saturated carbocycles. The van der Waals surface area contributed by atoms with Crippen LogP contribution >= 0.6 is 0 Å². The molecule has 0 unspecified atom stereocenters. The van der Waals surface area contributed by atoms with Gasteiger partial charge in [0, 0.05) is 6.42 Å². The van der Waals surface area contributed by atoms with Crippen molar-refractivity contribution in [2.45, 2.75) is 6.42 Å². The number of carbonyl (C=O) groups excluding carboxylic acids is 1. The number of aliphatic hydroxyl groups is 1. The number of hydrogen-bond donors (Lipinski definition) is 1. The van der Waals surface area contributed by atoms with E-state index in [1.807, 2.05) is 0 Å². The van der Waals surface area contributed by atoms with Crippen molar-refractivity contribution < 1.29 is 9.90 Å². The summed E-state index contributed by atoms with van der Waals surface area (Å²) in [4.78, 5) is 9.92. The molecule has 0 aromatic heterocycles. The van der Waals surface area contributed by atoms with Gasteiger partial charge in [0.2, 0.25) is 0 Å². The Labute approximate surface area is 52.8 Å². The molecule has 2 heteroatoms. The minimum Gasteiger partial charge on any atom is -0.512 e. The van der Waals surface area contributed by atoms with Crippen LogP contribution < -0.4 is 0 Å². The van der Waals surface area contributed by atoms with Crippen LogP contribution in [0.25, 0.3) is 0 Å². The molecule has 0 heterocycles. The summed E-state index contributed by atoms with van der Waals surface area (Å²) in [6.07, 6.45) is 5.89. The zero-order chi connectivity index (χ0) is 6.69. The van der Waals surface area contributed by atoms with Crippen molar-refractivity contribution in [1.29, 1.82) is 0 Å². The van der Waals surface area contributed by atoms with E-state index in [-0.39, 0.29) is 12.2 Å². The van der Waals surface area contributed by atoms with Gasteiger partial charge in [-0.1, -0.05) is 0 Å². The monoisotopic (exact) mass is 121 g/mol. The molecule has 1 aliphatic carbocycles. The second kappa shape index (κ2) is 2.33. The number of aliphatic hydroxyl groups excluding tert-OH is 1. The van der Waals surface area contributed by atoms with E-state index in [9.17, 15) is 4.79 Å². The Hall–Kier alpha value is -1.27. The smallest absolute Gasteiger partial charge is 0.129 e. The minimum atomic E-state index is 0.187. The molecule has 2 nitrogen and oxygen atoms in total. The standard InChI is InChI=1S/C7H5O2/c8-5-6-2-1-3-7(9)4-6/h1,3,9H,4H2. The largest absolute Gasteiger partial charge is 0.512 e. The predicted molar refractivity (Wildman–Crippen MR) is 32.3 cm³/mol. The Kier molecular flexibility index (Phi) is 1.52. The van der Waals surface area contributed by atoms with Gasteiger partial charge >= 0.3 is 0 Å². The highest BCUT2D eigenvalue weighted by Crippen LogP contribution is 2.10. The van der Waals surface area contributed by atoms with Gasteiger partial charge in [-0.15, -0.1) is 0 Å². The lowest BCUT2D eigenvalue weighted by atomic mass is 10.1. The Balaban J connectivity index is 2.85. The summed E-state index contributed by atoms with van der Waals surface area (Å²) in [6, 6.07) is 0. The van der Waals surface area contributed by atoms with E-state index in [0.29, 0.717) is 5.57 Å². The maximum atomic E-state index is 9.92. The van der Waals surface area contributed by atoms with E-state index in [2.05, 4.69) is 6.08 Å². The minimum absolute atomic E-state index is 0.187. The van der Waals surface area contributed by atoms with Crippen molar-refractivity contribution in [1.82, 2.24) is 0 Å². The molecular formula is C7H5O2. The average Bonchev–Trinajstić information content (AvgIpc) is 1.88. The fourth-order valence-electron chi connectivity index (χ4n) is 0.595. The first-order valence-corrected chi connectivity index (χ1v) is 2.55. The van der Waals surface area contributed by atoms with Crippen LogP contribution in [-0.4, -0.2) is 11.0 Å². The highest BCUT2D eigenvalue weighted by molar-refractivity contribution is 5.57. The van der Waals surface area contributed by atoms with Crippen molar-refractivity contribution in [3.8, 4) is 0 Å². The van der Waals surface area contributed by atoms with Gasteiger partial charge in [0.15, 0.2) is 0 Å². The molecule has 1 rings (SSSR count). The number of rotatable bonds is 0. The summed E-state index contributed by atoms with van der Waals surface area (Å²) in [7, 11) is 0. The van der Waals surface area contributed by atoms with Crippen LogP contribution in [0.1, 0.15) is 6.42 Å². The summed E-state index contributed by atoms with van der Waals surface area (Å²) in [5.74, 6) is 1.84. The molecule has 1 aliphatic rings. The zero-order valence-corrected chi connectivity index (χ0v) is 4.72. The van der Waals surface area contributed by atoms with Crippen LogP contribution in [0.3, 0.4) is 0 Å². The van der Waals surface area contributed by atoms with Gasteiger partial charge in [0.1, 0.15) is 5.94 Å². The SMILES string of the molecule is O=C=C1[C]=CC=C(O)C1. The predicted octanol–water partition coefficient (Wildman–Crippen LogP) is 0.949. The van der Waals surface area contributed by atoms with Crippen molar-refractivity contribution in [2.24, 2.45) is 0 Å². The average molecular weight is 121 g/mol. The van der Waals surface area contributed by atoms with Gasteiger partial charge in [-0.3, -0.25) is 0 Å². The van der Waals surface area contributed by atoms with Gasteiger partial charge in [-0.05, 0) is 18.2 Å². The van der Waals surface area contributed by atoms with Gasteiger partial charge in [-0.2, -0.15) is 0 Å². The van der Waals surface area contributed by atoms with E-state index >= 15 is 0 Å². The van der Waals surface area contributed by atoms with Crippen LogP contribution in [0.2, 0.25) is 0 Å². The first-order valence-electron chi connectivity index (χ1n) is 2.55. The molecule has 0 amide bonds. The van der Waals surface area contributed by atoms with E-state index in [1.165, 1.54) is 12.2 Å². The molecule has 9 heavy (non-hydrogen) atoms. The molecule has 45 valence electrons.